The van der Waals surface area contributed by atoms with Gasteiger partial charge in [-0.15, -0.1) is 11.3 Å². The Kier molecular flexibility index (Phi) is 6.62. The zero-order valence-corrected chi connectivity index (χ0v) is 13.0. The average molecular weight is 304 g/mol. The summed E-state index contributed by atoms with van der Waals surface area (Å²) in [4.78, 5) is 1.30. The van der Waals surface area contributed by atoms with E-state index in [1.54, 1.807) is 11.3 Å². The molecule has 0 atom stereocenters. The summed E-state index contributed by atoms with van der Waals surface area (Å²) in [7, 11) is 0. The minimum atomic E-state index is -0.252. The lowest BCUT2D eigenvalue weighted by Gasteiger charge is -2.22. The first-order valence-electron chi connectivity index (χ1n) is 6.38. The van der Waals surface area contributed by atoms with Gasteiger partial charge in [-0.25, -0.2) is 0 Å². The second-order valence-electron chi connectivity index (χ2n) is 5.18. The molecule has 1 rings (SSSR count). The monoisotopic (exact) mass is 303 g/mol. The van der Waals surface area contributed by atoms with E-state index in [9.17, 15) is 0 Å². The largest absolute Gasteiger partial charge is 0.409 e. The van der Waals surface area contributed by atoms with Crippen LogP contribution in [-0.4, -0.2) is 24.1 Å². The van der Waals surface area contributed by atoms with Crippen molar-refractivity contribution in [2.45, 2.75) is 33.1 Å². The minimum Gasteiger partial charge on any atom is -0.409 e. The van der Waals surface area contributed by atoms with Crippen molar-refractivity contribution < 1.29 is 5.21 Å². The van der Waals surface area contributed by atoms with Crippen molar-refractivity contribution in [1.82, 2.24) is 5.32 Å². The molecule has 0 spiro atoms. The molecule has 0 aliphatic carbocycles. The molecule has 0 unspecified atom stereocenters. The smallest absolute Gasteiger partial charge is 0.144 e. The molecule has 0 aliphatic rings. The maximum atomic E-state index is 8.68. The number of thiophene rings is 1. The van der Waals surface area contributed by atoms with E-state index in [1.165, 1.54) is 4.88 Å². The van der Waals surface area contributed by atoms with E-state index in [1.807, 2.05) is 19.9 Å². The third-order valence-corrected chi connectivity index (χ3v) is 4.42. The van der Waals surface area contributed by atoms with Crippen LogP contribution in [-0.2, 0) is 6.42 Å². The van der Waals surface area contributed by atoms with E-state index >= 15 is 0 Å². The Morgan fingerprint density at radius 2 is 2.21 bits per heavy atom. The van der Waals surface area contributed by atoms with E-state index in [-0.39, 0.29) is 5.41 Å². The lowest BCUT2D eigenvalue weighted by Crippen LogP contribution is -2.32. The molecular weight excluding hydrogens is 282 g/mol. The van der Waals surface area contributed by atoms with Crippen LogP contribution < -0.4 is 11.1 Å². The molecule has 0 aliphatic heterocycles. The van der Waals surface area contributed by atoms with Crippen molar-refractivity contribution in [3.05, 3.63) is 21.3 Å². The predicted octanol–water partition coefficient (Wildman–Crippen LogP) is 3.09. The second-order valence-corrected chi connectivity index (χ2v) is 6.98. The van der Waals surface area contributed by atoms with Crippen molar-refractivity contribution >= 4 is 28.8 Å². The Hall–Kier alpha value is -0.780. The summed E-state index contributed by atoms with van der Waals surface area (Å²) in [6.07, 6.45) is 2.89. The lowest BCUT2D eigenvalue weighted by atomic mass is 9.86. The van der Waals surface area contributed by atoms with Gasteiger partial charge in [0.05, 0.1) is 4.34 Å². The van der Waals surface area contributed by atoms with Gasteiger partial charge in [0, 0.05) is 10.3 Å². The fourth-order valence-electron chi connectivity index (χ4n) is 1.74. The van der Waals surface area contributed by atoms with Crippen molar-refractivity contribution in [3.8, 4) is 0 Å². The number of nitrogens with zero attached hydrogens (tertiary/aromatic N) is 1. The standard InChI is InChI=1S/C13H22ClN3OS/c1-13(2,12(15)17-18)7-3-8-16-9-6-10-4-5-11(14)19-10/h4-5,16,18H,3,6-9H2,1-2H3,(H2,15,17). The number of nitrogens with one attached hydrogen (secondary N) is 1. The lowest BCUT2D eigenvalue weighted by molar-refractivity contribution is 0.304. The Balaban J connectivity index is 2.11. The third-order valence-electron chi connectivity index (χ3n) is 3.13. The summed E-state index contributed by atoms with van der Waals surface area (Å²) in [6.45, 7) is 5.84. The van der Waals surface area contributed by atoms with Crippen molar-refractivity contribution in [2.24, 2.45) is 16.3 Å². The quantitative estimate of drug-likeness (QED) is 0.227. The highest BCUT2D eigenvalue weighted by Gasteiger charge is 2.22. The summed E-state index contributed by atoms with van der Waals surface area (Å²) in [5.74, 6) is 0.292. The Morgan fingerprint density at radius 3 is 2.79 bits per heavy atom. The highest BCUT2D eigenvalue weighted by Crippen LogP contribution is 2.22. The third kappa shape index (κ3) is 5.80. The first-order chi connectivity index (χ1) is 8.95. The fraction of sp³-hybridized carbons (Fsp3) is 0.615. The topological polar surface area (TPSA) is 70.6 Å². The minimum absolute atomic E-state index is 0.252. The van der Waals surface area contributed by atoms with Crippen LogP contribution in [0.3, 0.4) is 0 Å². The molecule has 0 aromatic carbocycles. The van der Waals surface area contributed by atoms with Crippen LogP contribution in [0.2, 0.25) is 4.34 Å². The Labute approximate surface area is 123 Å². The molecule has 19 heavy (non-hydrogen) atoms. The molecule has 1 aromatic heterocycles. The predicted molar refractivity (Wildman–Crippen MR) is 82.3 cm³/mol. The summed E-state index contributed by atoms with van der Waals surface area (Å²) in [5.41, 5.74) is 5.39. The van der Waals surface area contributed by atoms with Gasteiger partial charge in [-0.05, 0) is 44.5 Å². The van der Waals surface area contributed by atoms with Gasteiger partial charge >= 0.3 is 0 Å². The van der Waals surface area contributed by atoms with E-state index in [2.05, 4.69) is 16.5 Å². The van der Waals surface area contributed by atoms with Gasteiger partial charge in [-0.1, -0.05) is 30.6 Å². The van der Waals surface area contributed by atoms with Crippen molar-refractivity contribution in [1.29, 1.82) is 0 Å². The number of nitrogens with two attached hydrogens (primary N) is 1. The van der Waals surface area contributed by atoms with Gasteiger partial charge in [-0.3, -0.25) is 0 Å². The maximum absolute atomic E-state index is 8.68. The van der Waals surface area contributed by atoms with E-state index in [0.29, 0.717) is 5.84 Å². The molecule has 4 nitrogen and oxygen atoms in total. The number of amidine groups is 1. The molecule has 1 aromatic rings. The van der Waals surface area contributed by atoms with Gasteiger partial charge in [0.25, 0.3) is 0 Å². The number of hydrogen-bond donors (Lipinski definition) is 3. The molecule has 0 amide bonds. The molecule has 108 valence electrons. The van der Waals surface area contributed by atoms with Crippen LogP contribution in [0.4, 0.5) is 0 Å². The average Bonchev–Trinajstić information content (AvgIpc) is 2.78. The molecule has 0 saturated carbocycles. The Bertz CT molecular complexity index is 418. The van der Waals surface area contributed by atoms with Crippen molar-refractivity contribution in [2.75, 3.05) is 13.1 Å². The van der Waals surface area contributed by atoms with Crippen LogP contribution >= 0.6 is 22.9 Å². The van der Waals surface area contributed by atoms with Crippen LogP contribution in [0, 0.1) is 5.41 Å². The van der Waals surface area contributed by atoms with Crippen LogP contribution in [0.1, 0.15) is 31.6 Å². The fourth-order valence-corrected chi connectivity index (χ4v) is 2.83. The van der Waals surface area contributed by atoms with Gasteiger partial charge in [-0.2, -0.15) is 0 Å². The van der Waals surface area contributed by atoms with Gasteiger partial charge in [0.15, 0.2) is 0 Å². The molecule has 0 fully saturated rings. The first-order valence-corrected chi connectivity index (χ1v) is 7.58. The molecule has 6 heteroatoms. The molecule has 4 N–H and O–H groups in total. The SMILES string of the molecule is CC(C)(CCCNCCc1ccc(Cl)s1)/C(N)=N/O. The molecule has 1 heterocycles. The highest BCUT2D eigenvalue weighted by atomic mass is 35.5. The maximum Gasteiger partial charge on any atom is 0.144 e. The zero-order chi connectivity index (χ0) is 14.3. The number of oxime groups is 1. The summed E-state index contributed by atoms with van der Waals surface area (Å²) in [6, 6.07) is 4.00. The second kappa shape index (κ2) is 7.72. The normalized spacial score (nSPS) is 12.9. The summed E-state index contributed by atoms with van der Waals surface area (Å²) < 4.78 is 0.843. The van der Waals surface area contributed by atoms with Crippen molar-refractivity contribution in [3.63, 3.8) is 0 Å². The van der Waals surface area contributed by atoms with Crippen LogP contribution in [0.15, 0.2) is 17.3 Å². The van der Waals surface area contributed by atoms with Crippen LogP contribution in [0.25, 0.3) is 0 Å². The number of halogens is 1. The molecule has 0 saturated heterocycles. The van der Waals surface area contributed by atoms with Crippen LogP contribution in [0.5, 0.6) is 0 Å². The molecule has 0 bridgehead atoms. The van der Waals surface area contributed by atoms with Gasteiger partial charge in [0.2, 0.25) is 0 Å². The van der Waals surface area contributed by atoms with Gasteiger partial charge in [0.1, 0.15) is 5.84 Å². The molecule has 0 radical (unpaired) electrons. The van der Waals surface area contributed by atoms with E-state index in [0.717, 1.165) is 36.7 Å². The number of rotatable bonds is 8. The Morgan fingerprint density at radius 1 is 1.47 bits per heavy atom. The zero-order valence-electron chi connectivity index (χ0n) is 11.4. The first kappa shape index (κ1) is 16.3. The highest BCUT2D eigenvalue weighted by molar-refractivity contribution is 7.16. The van der Waals surface area contributed by atoms with E-state index < -0.39 is 0 Å². The van der Waals surface area contributed by atoms with E-state index in [4.69, 9.17) is 22.5 Å². The summed E-state index contributed by atoms with van der Waals surface area (Å²) in [5, 5.41) is 15.2. The summed E-state index contributed by atoms with van der Waals surface area (Å²) >= 11 is 7.50. The molecular formula is C13H22ClN3OS. The van der Waals surface area contributed by atoms with Gasteiger partial charge < -0.3 is 16.3 Å². The number of hydrogen-bond acceptors (Lipinski definition) is 4.